The van der Waals surface area contributed by atoms with Crippen LogP contribution in [0.25, 0.3) is 0 Å². The molecule has 4 N–H and O–H groups in total. The number of rotatable bonds is 3. The summed E-state index contributed by atoms with van der Waals surface area (Å²) < 4.78 is 0. The zero-order valence-corrected chi connectivity index (χ0v) is 8.75. The summed E-state index contributed by atoms with van der Waals surface area (Å²) in [6.07, 6.45) is 1.89. The predicted molar refractivity (Wildman–Crippen MR) is 60.7 cm³/mol. The van der Waals surface area contributed by atoms with Crippen LogP contribution in [-0.2, 0) is 12.8 Å². The molecule has 0 aliphatic carbocycles. The lowest BCUT2D eigenvalue weighted by atomic mass is 10.0. The van der Waals surface area contributed by atoms with Crippen molar-refractivity contribution in [2.45, 2.75) is 26.7 Å². The molecular formula is C11H17N3. The van der Waals surface area contributed by atoms with Gasteiger partial charge in [0.2, 0.25) is 0 Å². The third-order valence-corrected chi connectivity index (χ3v) is 2.21. The van der Waals surface area contributed by atoms with Crippen LogP contribution in [0, 0.1) is 0 Å². The van der Waals surface area contributed by atoms with Crippen molar-refractivity contribution in [1.29, 1.82) is 0 Å². The maximum Gasteiger partial charge on any atom is 0.191 e. The molecule has 0 spiro atoms. The van der Waals surface area contributed by atoms with Crippen LogP contribution in [0.2, 0.25) is 0 Å². The fourth-order valence-electron chi connectivity index (χ4n) is 1.49. The normalized spacial score (nSPS) is 9.86. The summed E-state index contributed by atoms with van der Waals surface area (Å²) in [4.78, 5) is 4.17. The molecule has 0 saturated heterocycles. The minimum absolute atomic E-state index is 0.126. The van der Waals surface area contributed by atoms with E-state index < -0.39 is 0 Å². The molecule has 0 aliphatic heterocycles. The molecule has 1 aromatic rings. The van der Waals surface area contributed by atoms with E-state index in [2.05, 4.69) is 31.0 Å². The van der Waals surface area contributed by atoms with Gasteiger partial charge < -0.3 is 11.5 Å². The summed E-state index contributed by atoms with van der Waals surface area (Å²) in [6.45, 7) is 4.20. The third-order valence-electron chi connectivity index (χ3n) is 2.21. The molecule has 1 aromatic carbocycles. The first-order valence-electron chi connectivity index (χ1n) is 4.89. The van der Waals surface area contributed by atoms with Crippen molar-refractivity contribution in [3.63, 3.8) is 0 Å². The quantitative estimate of drug-likeness (QED) is 0.564. The zero-order valence-electron chi connectivity index (χ0n) is 8.75. The van der Waals surface area contributed by atoms with Crippen LogP contribution in [0.1, 0.15) is 25.0 Å². The van der Waals surface area contributed by atoms with Crippen molar-refractivity contribution in [2.75, 3.05) is 0 Å². The first-order valence-corrected chi connectivity index (χ1v) is 4.89. The summed E-state index contributed by atoms with van der Waals surface area (Å²) in [5.74, 6) is 0.126. The topological polar surface area (TPSA) is 64.4 Å². The lowest BCUT2D eigenvalue weighted by Gasteiger charge is -2.08. The summed E-state index contributed by atoms with van der Waals surface area (Å²) in [5.41, 5.74) is 14.1. The SMILES string of the molecule is CCc1cccc(CC)c1N=C(N)N. The minimum atomic E-state index is 0.126. The standard InChI is InChI=1S/C11H17N3/c1-3-8-6-5-7-9(4-2)10(8)14-11(12)13/h5-7H,3-4H2,1-2H3,(H4,12,13,14). The largest absolute Gasteiger partial charge is 0.370 e. The minimum Gasteiger partial charge on any atom is -0.370 e. The molecule has 0 aromatic heterocycles. The number of nitrogens with zero attached hydrogens (tertiary/aromatic N) is 1. The van der Waals surface area contributed by atoms with E-state index in [9.17, 15) is 0 Å². The Bertz CT molecular complexity index is 316. The Morgan fingerprint density at radius 2 is 1.64 bits per heavy atom. The lowest BCUT2D eigenvalue weighted by Crippen LogP contribution is -2.22. The molecule has 0 radical (unpaired) electrons. The van der Waals surface area contributed by atoms with E-state index in [0.717, 1.165) is 18.5 Å². The molecule has 0 atom stereocenters. The van der Waals surface area contributed by atoms with Gasteiger partial charge in [0.25, 0.3) is 0 Å². The van der Waals surface area contributed by atoms with E-state index in [1.807, 2.05) is 6.07 Å². The van der Waals surface area contributed by atoms with Crippen LogP contribution in [0.5, 0.6) is 0 Å². The molecular weight excluding hydrogens is 174 g/mol. The second-order valence-corrected chi connectivity index (χ2v) is 3.17. The number of aryl methyl sites for hydroxylation is 2. The summed E-state index contributed by atoms with van der Waals surface area (Å²) >= 11 is 0. The van der Waals surface area contributed by atoms with Crippen LogP contribution in [-0.4, -0.2) is 5.96 Å². The highest BCUT2D eigenvalue weighted by molar-refractivity contribution is 5.80. The Hall–Kier alpha value is -1.51. The average molecular weight is 191 g/mol. The van der Waals surface area contributed by atoms with Crippen molar-refractivity contribution < 1.29 is 0 Å². The van der Waals surface area contributed by atoms with Gasteiger partial charge in [-0.1, -0.05) is 32.0 Å². The van der Waals surface area contributed by atoms with Gasteiger partial charge in [-0.2, -0.15) is 0 Å². The van der Waals surface area contributed by atoms with Crippen molar-refractivity contribution in [3.8, 4) is 0 Å². The molecule has 0 heterocycles. The van der Waals surface area contributed by atoms with E-state index >= 15 is 0 Å². The fraction of sp³-hybridized carbons (Fsp3) is 0.364. The van der Waals surface area contributed by atoms with Crippen LogP contribution in [0.15, 0.2) is 23.2 Å². The van der Waals surface area contributed by atoms with Crippen molar-refractivity contribution in [3.05, 3.63) is 29.3 Å². The van der Waals surface area contributed by atoms with Crippen LogP contribution >= 0.6 is 0 Å². The van der Waals surface area contributed by atoms with E-state index in [-0.39, 0.29) is 5.96 Å². The number of para-hydroxylation sites is 1. The Kier molecular flexibility index (Phi) is 3.51. The van der Waals surface area contributed by atoms with Crippen LogP contribution in [0.4, 0.5) is 5.69 Å². The zero-order chi connectivity index (χ0) is 10.6. The lowest BCUT2D eigenvalue weighted by molar-refractivity contribution is 1.08. The van der Waals surface area contributed by atoms with E-state index in [0.29, 0.717) is 0 Å². The van der Waals surface area contributed by atoms with Gasteiger partial charge >= 0.3 is 0 Å². The molecule has 0 fully saturated rings. The first kappa shape index (κ1) is 10.6. The molecule has 0 aliphatic rings. The molecule has 3 nitrogen and oxygen atoms in total. The van der Waals surface area contributed by atoms with E-state index in [1.165, 1.54) is 11.1 Å². The first-order chi connectivity index (χ1) is 6.69. The highest BCUT2D eigenvalue weighted by atomic mass is 15.0. The monoisotopic (exact) mass is 191 g/mol. The highest BCUT2D eigenvalue weighted by Gasteiger charge is 2.04. The Morgan fingerprint density at radius 1 is 1.14 bits per heavy atom. The maximum atomic E-state index is 5.40. The summed E-state index contributed by atoms with van der Waals surface area (Å²) in [6, 6.07) is 6.16. The second-order valence-electron chi connectivity index (χ2n) is 3.17. The number of benzene rings is 1. The molecule has 0 amide bonds. The summed E-state index contributed by atoms with van der Waals surface area (Å²) in [7, 11) is 0. The van der Waals surface area contributed by atoms with Gasteiger partial charge in [-0.3, -0.25) is 0 Å². The number of aliphatic imine (C=N–C) groups is 1. The molecule has 76 valence electrons. The molecule has 3 heteroatoms. The van der Waals surface area contributed by atoms with Gasteiger partial charge in [0.15, 0.2) is 5.96 Å². The van der Waals surface area contributed by atoms with Crippen molar-refractivity contribution in [2.24, 2.45) is 16.5 Å². The van der Waals surface area contributed by atoms with Gasteiger partial charge in [-0.25, -0.2) is 4.99 Å². The molecule has 14 heavy (non-hydrogen) atoms. The average Bonchev–Trinajstić information content (AvgIpc) is 2.17. The number of nitrogens with two attached hydrogens (primary N) is 2. The Labute approximate surface area is 84.8 Å². The molecule has 0 saturated carbocycles. The third kappa shape index (κ3) is 2.25. The number of guanidine groups is 1. The van der Waals surface area contributed by atoms with E-state index in [1.54, 1.807) is 0 Å². The molecule has 0 bridgehead atoms. The smallest absolute Gasteiger partial charge is 0.191 e. The van der Waals surface area contributed by atoms with Gasteiger partial charge in [0, 0.05) is 0 Å². The van der Waals surface area contributed by atoms with Crippen LogP contribution < -0.4 is 11.5 Å². The molecule has 0 unspecified atom stereocenters. The Balaban J connectivity index is 3.26. The van der Waals surface area contributed by atoms with Gasteiger partial charge in [-0.05, 0) is 24.0 Å². The van der Waals surface area contributed by atoms with Crippen LogP contribution in [0.3, 0.4) is 0 Å². The summed E-state index contributed by atoms with van der Waals surface area (Å²) in [5, 5.41) is 0. The number of hydrogen-bond donors (Lipinski definition) is 2. The van der Waals surface area contributed by atoms with E-state index in [4.69, 9.17) is 11.5 Å². The van der Waals surface area contributed by atoms with Crippen molar-refractivity contribution >= 4 is 11.6 Å². The molecule has 1 rings (SSSR count). The second kappa shape index (κ2) is 4.65. The predicted octanol–water partition coefficient (Wildman–Crippen LogP) is 1.72. The van der Waals surface area contributed by atoms with Crippen molar-refractivity contribution in [1.82, 2.24) is 0 Å². The van der Waals surface area contributed by atoms with Gasteiger partial charge in [0.1, 0.15) is 0 Å². The fourth-order valence-corrected chi connectivity index (χ4v) is 1.49. The van der Waals surface area contributed by atoms with Gasteiger partial charge in [0.05, 0.1) is 5.69 Å². The highest BCUT2D eigenvalue weighted by Crippen LogP contribution is 2.25. The maximum absolute atomic E-state index is 5.40. The van der Waals surface area contributed by atoms with Gasteiger partial charge in [-0.15, -0.1) is 0 Å². The Morgan fingerprint density at radius 3 is 2.00 bits per heavy atom. The number of hydrogen-bond acceptors (Lipinski definition) is 1.